The molecule has 0 unspecified atom stereocenters. The molecule has 124 valence electrons. The minimum absolute atomic E-state index is 0. The second-order valence-corrected chi connectivity index (χ2v) is 7.23. The van der Waals surface area contributed by atoms with Crippen LogP contribution in [0.4, 0.5) is 0 Å². The molecule has 1 heterocycles. The minimum Gasteiger partial charge on any atom is -0.390 e. The Kier molecular flexibility index (Phi) is 7.28. The van der Waals surface area contributed by atoms with Gasteiger partial charge in [-0.3, -0.25) is 4.79 Å². The molecule has 2 atom stereocenters. The Hall–Kier alpha value is -1.15. The molecule has 6 nitrogen and oxygen atoms in total. The highest BCUT2D eigenvalue weighted by atomic mass is 35.5. The largest absolute Gasteiger partial charge is 0.390 e. The van der Waals surface area contributed by atoms with Gasteiger partial charge in [0, 0.05) is 13.0 Å². The van der Waals surface area contributed by atoms with Crippen molar-refractivity contribution < 1.29 is 18.3 Å². The van der Waals surface area contributed by atoms with Crippen LogP contribution in [0.25, 0.3) is 0 Å². The van der Waals surface area contributed by atoms with Gasteiger partial charge in [0.2, 0.25) is 5.91 Å². The fourth-order valence-corrected chi connectivity index (χ4v) is 3.52. The van der Waals surface area contributed by atoms with Gasteiger partial charge in [0.15, 0.2) is 9.84 Å². The van der Waals surface area contributed by atoms with Crippen molar-refractivity contribution in [1.82, 2.24) is 10.6 Å². The number of amides is 1. The van der Waals surface area contributed by atoms with Crippen LogP contribution in [0.3, 0.4) is 0 Å². The quantitative estimate of drug-likeness (QED) is 0.702. The van der Waals surface area contributed by atoms with Gasteiger partial charge >= 0.3 is 0 Å². The third-order valence-corrected chi connectivity index (χ3v) is 5.23. The summed E-state index contributed by atoms with van der Waals surface area (Å²) in [4.78, 5) is 12.0. The van der Waals surface area contributed by atoms with Crippen LogP contribution in [0, 0.1) is 0 Å². The molecule has 8 heteroatoms. The monoisotopic (exact) mass is 348 g/mol. The molecule has 3 N–H and O–H groups in total. The van der Waals surface area contributed by atoms with Gasteiger partial charge in [-0.1, -0.05) is 18.2 Å². The summed E-state index contributed by atoms with van der Waals surface area (Å²) < 4.78 is 24.1. The highest BCUT2D eigenvalue weighted by Gasteiger charge is 2.25. The Balaban J connectivity index is 0.00000242. The molecule has 1 amide bonds. The molecule has 1 fully saturated rings. The zero-order chi connectivity index (χ0) is 15.3. The van der Waals surface area contributed by atoms with Crippen LogP contribution >= 0.6 is 12.4 Å². The molecule has 0 spiro atoms. The highest BCUT2D eigenvalue weighted by Crippen LogP contribution is 2.11. The van der Waals surface area contributed by atoms with E-state index in [4.69, 9.17) is 0 Å². The van der Waals surface area contributed by atoms with E-state index < -0.39 is 15.9 Å². The van der Waals surface area contributed by atoms with E-state index >= 15 is 0 Å². The number of carbonyl (C=O) groups excluding carboxylic acids is 1. The van der Waals surface area contributed by atoms with Crippen LogP contribution in [0.2, 0.25) is 0 Å². The Morgan fingerprint density at radius 1 is 1.32 bits per heavy atom. The van der Waals surface area contributed by atoms with E-state index in [0.29, 0.717) is 13.0 Å². The highest BCUT2D eigenvalue weighted by molar-refractivity contribution is 7.91. The third kappa shape index (κ3) is 5.24. The van der Waals surface area contributed by atoms with Crippen LogP contribution in [-0.4, -0.2) is 50.4 Å². The molecule has 1 aliphatic rings. The Labute approximate surface area is 136 Å². The Bertz CT molecular complexity index is 580. The number of β-amino-alcohol motifs (C(OH)–C–C–N with tert-alkyl or cyclic N) is 1. The first-order valence-electron chi connectivity index (χ1n) is 6.95. The molecule has 1 saturated heterocycles. The number of aliphatic hydroxyl groups excluding tert-OH is 1. The molecule has 0 aliphatic carbocycles. The zero-order valence-corrected chi connectivity index (χ0v) is 13.7. The van der Waals surface area contributed by atoms with Gasteiger partial charge in [-0.15, -0.1) is 12.4 Å². The number of hydrogen-bond donors (Lipinski definition) is 3. The van der Waals surface area contributed by atoms with Crippen LogP contribution in [0.5, 0.6) is 0 Å². The van der Waals surface area contributed by atoms with Crippen LogP contribution in [0.1, 0.15) is 12.8 Å². The lowest BCUT2D eigenvalue weighted by molar-refractivity contribution is -0.122. The van der Waals surface area contributed by atoms with Crippen molar-refractivity contribution in [3.8, 4) is 0 Å². The maximum Gasteiger partial charge on any atom is 0.221 e. The molecule has 0 bridgehead atoms. The predicted molar refractivity (Wildman–Crippen MR) is 85.8 cm³/mol. The van der Waals surface area contributed by atoms with Gasteiger partial charge in [-0.2, -0.15) is 0 Å². The SMILES string of the molecule is Cl.O=C(CCS(=O)(=O)c1ccccc1)N[C@@H]1CCNC[C@H]1O. The number of aliphatic hydroxyl groups is 1. The van der Waals surface area contributed by atoms with E-state index in [0.717, 1.165) is 6.54 Å². The summed E-state index contributed by atoms with van der Waals surface area (Å²) in [6, 6.07) is 7.77. The number of piperidine rings is 1. The lowest BCUT2D eigenvalue weighted by Gasteiger charge is -2.29. The molecule has 0 aromatic heterocycles. The normalized spacial score (nSPS) is 21.7. The number of rotatable bonds is 5. The topological polar surface area (TPSA) is 95.5 Å². The number of carbonyl (C=O) groups is 1. The average molecular weight is 349 g/mol. The van der Waals surface area contributed by atoms with Gasteiger partial charge in [0.25, 0.3) is 0 Å². The summed E-state index contributed by atoms with van der Waals surface area (Å²) in [6.45, 7) is 1.16. The maximum absolute atomic E-state index is 12.1. The van der Waals surface area contributed by atoms with Gasteiger partial charge in [-0.25, -0.2) is 8.42 Å². The van der Waals surface area contributed by atoms with Crippen molar-refractivity contribution >= 4 is 28.2 Å². The molecule has 1 aliphatic heterocycles. The third-order valence-electron chi connectivity index (χ3n) is 3.50. The van der Waals surface area contributed by atoms with Crippen LogP contribution in [0.15, 0.2) is 35.2 Å². The van der Waals surface area contributed by atoms with Crippen molar-refractivity contribution in [3.05, 3.63) is 30.3 Å². The van der Waals surface area contributed by atoms with E-state index in [1.807, 2.05) is 0 Å². The number of nitrogens with one attached hydrogen (secondary N) is 2. The van der Waals surface area contributed by atoms with E-state index in [1.54, 1.807) is 18.2 Å². The summed E-state index contributed by atoms with van der Waals surface area (Å²) in [6.07, 6.45) is -0.0971. The van der Waals surface area contributed by atoms with E-state index in [-0.39, 0.29) is 41.4 Å². The molecule has 2 rings (SSSR count). The maximum atomic E-state index is 12.1. The van der Waals surface area contributed by atoms with Gasteiger partial charge in [0.05, 0.1) is 22.8 Å². The first-order valence-corrected chi connectivity index (χ1v) is 8.60. The van der Waals surface area contributed by atoms with Gasteiger partial charge in [-0.05, 0) is 25.1 Å². The smallest absolute Gasteiger partial charge is 0.221 e. The molecule has 0 saturated carbocycles. The van der Waals surface area contributed by atoms with Gasteiger partial charge < -0.3 is 15.7 Å². The number of benzene rings is 1. The number of hydrogen-bond acceptors (Lipinski definition) is 5. The standard InChI is InChI=1S/C14H20N2O4S.ClH/c17-13-10-15-8-6-12(13)16-14(18)7-9-21(19,20)11-4-2-1-3-5-11;/h1-5,12-13,15,17H,6-10H2,(H,16,18);1H/t12-,13-;/m1./s1. The first kappa shape index (κ1) is 18.9. The molecule has 22 heavy (non-hydrogen) atoms. The van der Waals surface area contributed by atoms with Crippen molar-refractivity contribution in [3.63, 3.8) is 0 Å². The van der Waals surface area contributed by atoms with Crippen LogP contribution < -0.4 is 10.6 Å². The van der Waals surface area contributed by atoms with E-state index in [2.05, 4.69) is 10.6 Å². The van der Waals surface area contributed by atoms with Crippen molar-refractivity contribution in [2.75, 3.05) is 18.8 Å². The van der Waals surface area contributed by atoms with Gasteiger partial charge in [0.1, 0.15) is 0 Å². The van der Waals surface area contributed by atoms with E-state index in [9.17, 15) is 18.3 Å². The second-order valence-electron chi connectivity index (χ2n) is 5.12. The first-order chi connectivity index (χ1) is 9.99. The number of sulfone groups is 1. The molecule has 0 radical (unpaired) electrons. The van der Waals surface area contributed by atoms with Crippen molar-refractivity contribution in [2.24, 2.45) is 0 Å². The lowest BCUT2D eigenvalue weighted by Crippen LogP contribution is -2.52. The van der Waals surface area contributed by atoms with Crippen molar-refractivity contribution in [2.45, 2.75) is 29.9 Å². The molecular formula is C14H21ClN2O4S. The lowest BCUT2D eigenvalue weighted by atomic mass is 10.0. The summed E-state index contributed by atoms with van der Waals surface area (Å²) in [5.41, 5.74) is 0. The van der Waals surface area contributed by atoms with E-state index in [1.165, 1.54) is 12.1 Å². The summed E-state index contributed by atoms with van der Waals surface area (Å²) in [5.74, 6) is -0.579. The minimum atomic E-state index is -3.45. The Morgan fingerprint density at radius 2 is 2.00 bits per heavy atom. The summed E-state index contributed by atoms with van der Waals surface area (Å²) in [7, 11) is -3.45. The fraction of sp³-hybridized carbons (Fsp3) is 0.500. The Morgan fingerprint density at radius 3 is 2.64 bits per heavy atom. The summed E-state index contributed by atoms with van der Waals surface area (Å²) >= 11 is 0. The molecular weight excluding hydrogens is 328 g/mol. The van der Waals surface area contributed by atoms with Crippen molar-refractivity contribution in [1.29, 1.82) is 0 Å². The summed E-state index contributed by atoms with van der Waals surface area (Å²) in [5, 5.41) is 15.4. The van der Waals surface area contributed by atoms with Crippen LogP contribution in [-0.2, 0) is 14.6 Å². The molecule has 1 aromatic carbocycles. The molecule has 1 aromatic rings. The fourth-order valence-electron chi connectivity index (χ4n) is 2.26. The second kappa shape index (κ2) is 8.47. The average Bonchev–Trinajstić information content (AvgIpc) is 2.49. The predicted octanol–water partition coefficient (Wildman–Crippen LogP) is 0.111. The number of halogens is 1. The zero-order valence-electron chi connectivity index (χ0n) is 12.1.